The van der Waals surface area contributed by atoms with Crippen LogP contribution < -0.4 is 5.32 Å². The molecular formula is C8H17NO5S. The summed E-state index contributed by atoms with van der Waals surface area (Å²) in [5.74, 6) is -0.184. The summed E-state index contributed by atoms with van der Waals surface area (Å²) in [7, 11) is -3.09. The molecule has 0 aromatic carbocycles. The zero-order chi connectivity index (χ0) is 11.3. The summed E-state index contributed by atoms with van der Waals surface area (Å²) in [5.41, 5.74) is 0. The Morgan fingerprint density at radius 3 is 2.60 bits per heavy atom. The molecule has 1 saturated heterocycles. The summed E-state index contributed by atoms with van der Waals surface area (Å²) in [6, 6.07) is -0.396. The largest absolute Gasteiger partial charge is 0.394 e. The SMILES string of the molecule is O=S1(=O)C[C@@H](O)[C@H](NCCOCCO)C1. The lowest BCUT2D eigenvalue weighted by Gasteiger charge is -2.14. The fourth-order valence-electron chi connectivity index (χ4n) is 1.51. The van der Waals surface area contributed by atoms with Crippen LogP contribution in [0.3, 0.4) is 0 Å². The Kier molecular flexibility index (Phi) is 4.94. The molecule has 0 radical (unpaired) electrons. The Morgan fingerprint density at radius 1 is 1.33 bits per heavy atom. The van der Waals surface area contributed by atoms with E-state index in [9.17, 15) is 13.5 Å². The molecule has 6 nitrogen and oxygen atoms in total. The maximum Gasteiger partial charge on any atom is 0.154 e. The number of hydrogen-bond acceptors (Lipinski definition) is 6. The van der Waals surface area contributed by atoms with Gasteiger partial charge in [0, 0.05) is 12.6 Å². The first-order valence-electron chi connectivity index (χ1n) is 4.85. The third-order valence-corrected chi connectivity index (χ3v) is 3.93. The van der Waals surface area contributed by atoms with Gasteiger partial charge in [0.2, 0.25) is 0 Å². The van der Waals surface area contributed by atoms with Gasteiger partial charge >= 0.3 is 0 Å². The van der Waals surface area contributed by atoms with Crippen LogP contribution in [0.1, 0.15) is 0 Å². The van der Waals surface area contributed by atoms with Gasteiger partial charge in [-0.3, -0.25) is 0 Å². The first-order valence-corrected chi connectivity index (χ1v) is 6.68. The van der Waals surface area contributed by atoms with Gasteiger partial charge in [-0.25, -0.2) is 8.42 Å². The van der Waals surface area contributed by atoms with E-state index in [1.807, 2.05) is 0 Å². The van der Waals surface area contributed by atoms with Crippen LogP contribution in [0.2, 0.25) is 0 Å². The number of ether oxygens (including phenoxy) is 1. The van der Waals surface area contributed by atoms with Crippen molar-refractivity contribution in [2.45, 2.75) is 12.1 Å². The Bertz CT molecular complexity index is 279. The fourth-order valence-corrected chi connectivity index (χ4v) is 3.28. The highest BCUT2D eigenvalue weighted by molar-refractivity contribution is 7.91. The van der Waals surface area contributed by atoms with Crippen LogP contribution in [-0.4, -0.2) is 68.6 Å². The van der Waals surface area contributed by atoms with Gasteiger partial charge in [0.15, 0.2) is 9.84 Å². The molecule has 0 amide bonds. The molecule has 0 bridgehead atoms. The van der Waals surface area contributed by atoms with Gasteiger partial charge in [-0.05, 0) is 0 Å². The first-order chi connectivity index (χ1) is 7.05. The summed E-state index contributed by atoms with van der Waals surface area (Å²) in [6.45, 7) is 1.11. The molecule has 15 heavy (non-hydrogen) atoms. The number of hydrogen-bond donors (Lipinski definition) is 3. The van der Waals surface area contributed by atoms with Crippen molar-refractivity contribution in [1.29, 1.82) is 0 Å². The van der Waals surface area contributed by atoms with E-state index in [0.717, 1.165) is 0 Å². The maximum absolute atomic E-state index is 11.1. The summed E-state index contributed by atoms with van der Waals surface area (Å²) >= 11 is 0. The van der Waals surface area contributed by atoms with Gasteiger partial charge in [0.1, 0.15) is 0 Å². The highest BCUT2D eigenvalue weighted by Crippen LogP contribution is 2.11. The third kappa shape index (κ3) is 4.43. The Hall–Kier alpha value is -0.210. The minimum Gasteiger partial charge on any atom is -0.394 e. The predicted octanol–water partition coefficient (Wildman–Crippen LogP) is -2.26. The summed E-state index contributed by atoms with van der Waals surface area (Å²) in [5, 5.41) is 20.7. The number of aliphatic hydroxyl groups is 2. The van der Waals surface area contributed by atoms with Gasteiger partial charge in [0.25, 0.3) is 0 Å². The number of sulfone groups is 1. The minimum atomic E-state index is -3.09. The minimum absolute atomic E-state index is 0.0197. The quantitative estimate of drug-likeness (QED) is 0.453. The second-order valence-electron chi connectivity index (χ2n) is 3.54. The topological polar surface area (TPSA) is 95.9 Å². The van der Waals surface area contributed by atoms with Gasteiger partial charge < -0.3 is 20.3 Å². The van der Waals surface area contributed by atoms with Crippen LogP contribution in [0.4, 0.5) is 0 Å². The van der Waals surface area contributed by atoms with Crippen molar-refractivity contribution in [3.63, 3.8) is 0 Å². The van der Waals surface area contributed by atoms with Crippen LogP contribution in [0.15, 0.2) is 0 Å². The first kappa shape index (κ1) is 12.9. The molecule has 1 heterocycles. The average Bonchev–Trinajstić information content (AvgIpc) is 2.39. The Balaban J connectivity index is 2.17. The molecule has 0 aromatic heterocycles. The smallest absolute Gasteiger partial charge is 0.154 e. The second kappa shape index (κ2) is 5.76. The second-order valence-corrected chi connectivity index (χ2v) is 5.69. The van der Waals surface area contributed by atoms with Gasteiger partial charge in [-0.2, -0.15) is 0 Å². The molecule has 0 spiro atoms. The van der Waals surface area contributed by atoms with Crippen molar-refractivity contribution in [2.75, 3.05) is 37.9 Å². The molecule has 0 aromatic rings. The molecule has 1 rings (SSSR count). The summed E-state index contributed by atoms with van der Waals surface area (Å²) in [6.07, 6.45) is -0.826. The van der Waals surface area contributed by atoms with Crippen LogP contribution in [0.25, 0.3) is 0 Å². The van der Waals surface area contributed by atoms with E-state index in [2.05, 4.69) is 5.32 Å². The highest BCUT2D eigenvalue weighted by atomic mass is 32.2. The van der Waals surface area contributed by atoms with E-state index in [4.69, 9.17) is 9.84 Å². The lowest BCUT2D eigenvalue weighted by atomic mass is 10.2. The van der Waals surface area contributed by atoms with Crippen molar-refractivity contribution in [2.24, 2.45) is 0 Å². The number of rotatable bonds is 6. The number of aliphatic hydroxyl groups excluding tert-OH is 2. The average molecular weight is 239 g/mol. The molecule has 7 heteroatoms. The van der Waals surface area contributed by atoms with Crippen molar-refractivity contribution >= 4 is 9.84 Å². The van der Waals surface area contributed by atoms with Gasteiger partial charge in [-0.1, -0.05) is 0 Å². The molecule has 1 fully saturated rings. The standard InChI is InChI=1S/C8H17NO5S/c10-2-4-14-3-1-9-7-5-15(12,13)6-8(7)11/h7-11H,1-6H2/t7-,8-/m1/s1. The molecule has 1 aliphatic heterocycles. The summed E-state index contributed by atoms with van der Waals surface area (Å²) < 4.78 is 27.2. The zero-order valence-electron chi connectivity index (χ0n) is 8.42. The van der Waals surface area contributed by atoms with Crippen molar-refractivity contribution in [1.82, 2.24) is 5.32 Å². The van der Waals surface area contributed by atoms with Gasteiger partial charge in [-0.15, -0.1) is 0 Å². The Labute approximate surface area is 89.2 Å². The van der Waals surface area contributed by atoms with Crippen LogP contribution in [-0.2, 0) is 14.6 Å². The van der Waals surface area contributed by atoms with Crippen LogP contribution >= 0.6 is 0 Å². The highest BCUT2D eigenvalue weighted by Gasteiger charge is 2.35. The lowest BCUT2D eigenvalue weighted by molar-refractivity contribution is 0.0885. The van der Waals surface area contributed by atoms with Crippen LogP contribution in [0, 0.1) is 0 Å². The third-order valence-electron chi connectivity index (χ3n) is 2.21. The molecule has 90 valence electrons. The molecule has 0 saturated carbocycles. The zero-order valence-corrected chi connectivity index (χ0v) is 9.24. The van der Waals surface area contributed by atoms with E-state index < -0.39 is 22.0 Å². The molecular weight excluding hydrogens is 222 g/mol. The monoisotopic (exact) mass is 239 g/mol. The van der Waals surface area contributed by atoms with E-state index in [1.165, 1.54) is 0 Å². The van der Waals surface area contributed by atoms with Gasteiger partial charge in [0.05, 0.1) is 37.4 Å². The van der Waals surface area contributed by atoms with E-state index in [-0.39, 0.29) is 24.7 Å². The fraction of sp³-hybridized carbons (Fsp3) is 1.00. The molecule has 0 aliphatic carbocycles. The Morgan fingerprint density at radius 2 is 2.07 bits per heavy atom. The van der Waals surface area contributed by atoms with Crippen LogP contribution in [0.5, 0.6) is 0 Å². The maximum atomic E-state index is 11.1. The molecule has 0 unspecified atom stereocenters. The molecule has 3 N–H and O–H groups in total. The van der Waals surface area contributed by atoms with E-state index in [1.54, 1.807) is 0 Å². The lowest BCUT2D eigenvalue weighted by Crippen LogP contribution is -2.40. The summed E-state index contributed by atoms with van der Waals surface area (Å²) in [4.78, 5) is 0. The number of nitrogens with one attached hydrogen (secondary N) is 1. The molecule has 1 aliphatic rings. The van der Waals surface area contributed by atoms with E-state index in [0.29, 0.717) is 13.2 Å². The van der Waals surface area contributed by atoms with Crippen molar-refractivity contribution in [3.05, 3.63) is 0 Å². The van der Waals surface area contributed by atoms with E-state index >= 15 is 0 Å². The predicted molar refractivity (Wildman–Crippen MR) is 54.4 cm³/mol. The van der Waals surface area contributed by atoms with Crippen molar-refractivity contribution < 1.29 is 23.4 Å². The molecule has 2 atom stereocenters. The normalized spacial score (nSPS) is 29.5. The van der Waals surface area contributed by atoms with Crippen molar-refractivity contribution in [3.8, 4) is 0 Å².